The van der Waals surface area contributed by atoms with Gasteiger partial charge >= 0.3 is 0 Å². The van der Waals surface area contributed by atoms with Crippen LogP contribution in [0, 0.1) is 31.1 Å². The Morgan fingerprint density at radius 3 is 2.81 bits per heavy atom. The van der Waals surface area contributed by atoms with Crippen molar-refractivity contribution in [2.24, 2.45) is 5.92 Å². The van der Waals surface area contributed by atoms with Gasteiger partial charge in [0.1, 0.15) is 17.5 Å². The van der Waals surface area contributed by atoms with Gasteiger partial charge in [0.25, 0.3) is 0 Å². The summed E-state index contributed by atoms with van der Waals surface area (Å²) < 4.78 is 32.9. The van der Waals surface area contributed by atoms with E-state index in [1.54, 1.807) is 24.3 Å². The van der Waals surface area contributed by atoms with Gasteiger partial charge in [-0.3, -0.25) is 0 Å². The number of nitriles is 1. The van der Waals surface area contributed by atoms with Crippen molar-refractivity contribution < 1.29 is 13.2 Å². The Morgan fingerprint density at radius 2 is 2.08 bits per heavy atom. The van der Waals surface area contributed by atoms with Crippen molar-refractivity contribution in [3.63, 3.8) is 0 Å². The van der Waals surface area contributed by atoms with Crippen LogP contribution in [-0.4, -0.2) is 37.4 Å². The van der Waals surface area contributed by atoms with E-state index in [0.29, 0.717) is 36.0 Å². The lowest BCUT2D eigenvalue weighted by atomic mass is 10.1. The lowest BCUT2D eigenvalue weighted by Gasteiger charge is -2.17. The zero-order valence-corrected chi connectivity index (χ0v) is 15.7. The number of ether oxygens (including phenoxy) is 1. The summed E-state index contributed by atoms with van der Waals surface area (Å²) in [5, 5.41) is 8.87. The molecular formula is C19H21N3O3S. The third kappa shape index (κ3) is 3.87. The molecule has 0 amide bonds. The summed E-state index contributed by atoms with van der Waals surface area (Å²) in [6, 6.07) is 10.5. The predicted octanol–water partition coefficient (Wildman–Crippen LogP) is 2.66. The van der Waals surface area contributed by atoms with Crippen molar-refractivity contribution in [1.29, 1.82) is 5.26 Å². The number of pyridine rings is 1. The topological polar surface area (TPSA) is 83.3 Å². The highest BCUT2D eigenvalue weighted by atomic mass is 32.2. The molecule has 0 radical (unpaired) electrons. The molecule has 1 aliphatic rings. The third-order valence-corrected chi connectivity index (χ3v) is 6.56. The summed E-state index contributed by atoms with van der Waals surface area (Å²) in [6.07, 6.45) is 2.28. The third-order valence-electron chi connectivity index (χ3n) is 4.70. The number of aryl methyl sites for hydroxylation is 2. The van der Waals surface area contributed by atoms with E-state index in [2.05, 4.69) is 4.98 Å². The fourth-order valence-corrected chi connectivity index (χ4v) is 4.57. The monoisotopic (exact) mass is 371 g/mol. The zero-order valence-electron chi connectivity index (χ0n) is 14.8. The first kappa shape index (κ1) is 18.4. The van der Waals surface area contributed by atoms with Crippen molar-refractivity contribution in [3.05, 3.63) is 53.3 Å². The van der Waals surface area contributed by atoms with Gasteiger partial charge in [0.15, 0.2) is 0 Å². The molecule has 1 aliphatic heterocycles. The molecule has 0 bridgehead atoms. The van der Waals surface area contributed by atoms with Crippen LogP contribution in [0.15, 0.2) is 41.4 Å². The van der Waals surface area contributed by atoms with Crippen LogP contribution in [0.4, 0.5) is 0 Å². The summed E-state index contributed by atoms with van der Waals surface area (Å²) in [7, 11) is -3.48. The molecule has 1 fully saturated rings. The standard InChI is InChI=1S/C19H21N3O3S/c1-14-3-4-19(9-15(14)2)26(23,24)22-8-6-16(12-22)13-25-18-5-7-21-17(10-18)11-20/h3-5,7,9-10,16H,6,8,12-13H2,1-2H3/t16-/m0/s1. The lowest BCUT2D eigenvalue weighted by molar-refractivity contribution is 0.255. The molecule has 0 aliphatic carbocycles. The van der Waals surface area contributed by atoms with Gasteiger partial charge in [-0.25, -0.2) is 13.4 Å². The number of benzene rings is 1. The first-order valence-corrected chi connectivity index (χ1v) is 9.90. The fraction of sp³-hybridized carbons (Fsp3) is 0.368. The van der Waals surface area contributed by atoms with E-state index in [0.717, 1.165) is 17.5 Å². The highest BCUT2D eigenvalue weighted by molar-refractivity contribution is 7.89. The number of hydrogen-bond donors (Lipinski definition) is 0. The van der Waals surface area contributed by atoms with Crippen LogP contribution < -0.4 is 4.74 Å². The smallest absolute Gasteiger partial charge is 0.243 e. The average Bonchev–Trinajstić information content (AvgIpc) is 3.12. The number of rotatable bonds is 5. The second kappa shape index (κ2) is 7.44. The van der Waals surface area contributed by atoms with E-state index in [-0.39, 0.29) is 5.92 Å². The normalized spacial score (nSPS) is 17.8. The molecule has 1 atom stereocenters. The minimum absolute atomic E-state index is 0.120. The largest absolute Gasteiger partial charge is 0.493 e. The van der Waals surface area contributed by atoms with Crippen molar-refractivity contribution in [1.82, 2.24) is 9.29 Å². The fourth-order valence-electron chi connectivity index (χ4n) is 2.95. The minimum atomic E-state index is -3.48. The van der Waals surface area contributed by atoms with Crippen molar-refractivity contribution in [3.8, 4) is 11.8 Å². The van der Waals surface area contributed by atoms with E-state index < -0.39 is 10.0 Å². The molecule has 1 aromatic carbocycles. The molecule has 0 N–H and O–H groups in total. The van der Waals surface area contributed by atoms with Gasteiger partial charge in [-0.05, 0) is 49.6 Å². The molecule has 0 spiro atoms. The van der Waals surface area contributed by atoms with Crippen LogP contribution in [0.5, 0.6) is 5.75 Å². The summed E-state index contributed by atoms with van der Waals surface area (Å²) in [5.41, 5.74) is 2.34. The van der Waals surface area contributed by atoms with Gasteiger partial charge in [-0.15, -0.1) is 0 Å². The van der Waals surface area contributed by atoms with E-state index in [4.69, 9.17) is 10.00 Å². The number of aromatic nitrogens is 1. The molecule has 6 nitrogen and oxygen atoms in total. The minimum Gasteiger partial charge on any atom is -0.493 e. The first-order valence-electron chi connectivity index (χ1n) is 8.46. The van der Waals surface area contributed by atoms with Crippen LogP contribution in [0.2, 0.25) is 0 Å². The molecule has 3 rings (SSSR count). The van der Waals surface area contributed by atoms with Crippen molar-refractivity contribution in [2.45, 2.75) is 25.2 Å². The second-order valence-electron chi connectivity index (χ2n) is 6.56. The zero-order chi connectivity index (χ0) is 18.7. The van der Waals surface area contributed by atoms with E-state index in [9.17, 15) is 8.42 Å². The number of hydrogen-bond acceptors (Lipinski definition) is 5. The van der Waals surface area contributed by atoms with Gasteiger partial charge in [0, 0.05) is 31.3 Å². The predicted molar refractivity (Wildman–Crippen MR) is 97.2 cm³/mol. The molecule has 136 valence electrons. The van der Waals surface area contributed by atoms with Gasteiger partial charge < -0.3 is 4.74 Å². The number of nitrogens with zero attached hydrogens (tertiary/aromatic N) is 3. The maximum absolute atomic E-state index is 12.8. The lowest BCUT2D eigenvalue weighted by Crippen LogP contribution is -2.29. The van der Waals surface area contributed by atoms with Crippen LogP contribution >= 0.6 is 0 Å². The molecule has 1 saturated heterocycles. The van der Waals surface area contributed by atoms with Crippen LogP contribution in [0.3, 0.4) is 0 Å². The molecule has 0 saturated carbocycles. The van der Waals surface area contributed by atoms with Crippen LogP contribution in [-0.2, 0) is 10.0 Å². The van der Waals surface area contributed by atoms with E-state index in [1.165, 1.54) is 10.5 Å². The highest BCUT2D eigenvalue weighted by Crippen LogP contribution is 2.26. The van der Waals surface area contributed by atoms with Crippen LogP contribution in [0.25, 0.3) is 0 Å². The molecule has 2 heterocycles. The molecule has 1 aromatic heterocycles. The Balaban J connectivity index is 1.64. The first-order chi connectivity index (χ1) is 12.4. The molecule has 7 heteroatoms. The Kier molecular flexibility index (Phi) is 5.25. The van der Waals surface area contributed by atoms with E-state index in [1.807, 2.05) is 26.0 Å². The summed E-state index contributed by atoms with van der Waals surface area (Å²) in [4.78, 5) is 4.24. The Labute approximate surface area is 154 Å². The Morgan fingerprint density at radius 1 is 1.27 bits per heavy atom. The average molecular weight is 371 g/mol. The molecule has 2 aromatic rings. The Hall–Kier alpha value is -2.43. The second-order valence-corrected chi connectivity index (χ2v) is 8.50. The Bertz CT molecular complexity index is 951. The van der Waals surface area contributed by atoms with Gasteiger partial charge in [-0.1, -0.05) is 6.07 Å². The van der Waals surface area contributed by atoms with E-state index >= 15 is 0 Å². The quantitative estimate of drug-likeness (QED) is 0.807. The van der Waals surface area contributed by atoms with Crippen molar-refractivity contribution >= 4 is 10.0 Å². The summed E-state index contributed by atoms with van der Waals surface area (Å²) in [5.74, 6) is 0.696. The maximum Gasteiger partial charge on any atom is 0.243 e. The summed E-state index contributed by atoms with van der Waals surface area (Å²) >= 11 is 0. The molecule has 26 heavy (non-hydrogen) atoms. The highest BCUT2D eigenvalue weighted by Gasteiger charge is 2.33. The molecular weight excluding hydrogens is 350 g/mol. The van der Waals surface area contributed by atoms with Gasteiger partial charge in [0.05, 0.1) is 11.5 Å². The van der Waals surface area contributed by atoms with Gasteiger partial charge in [-0.2, -0.15) is 9.57 Å². The summed E-state index contributed by atoms with van der Waals surface area (Å²) in [6.45, 7) is 5.22. The van der Waals surface area contributed by atoms with Crippen molar-refractivity contribution in [2.75, 3.05) is 19.7 Å². The maximum atomic E-state index is 12.8. The SMILES string of the molecule is Cc1ccc(S(=O)(=O)N2CC[C@H](COc3ccnc(C#N)c3)C2)cc1C. The van der Waals surface area contributed by atoms with Gasteiger partial charge in [0.2, 0.25) is 10.0 Å². The van der Waals surface area contributed by atoms with Crippen LogP contribution in [0.1, 0.15) is 23.2 Å². The molecule has 0 unspecified atom stereocenters. The number of sulfonamides is 1.